The molecule has 3 heteroatoms. The Labute approximate surface area is 81.7 Å². The second kappa shape index (κ2) is 4.06. The standard InChI is InChI=1S/C10H8ClNO/c1-7-9(8(5-12)6-13)3-2-4-10(7)11/h2-4,6,8H,1H3/t8-/m0/s1. The molecular weight excluding hydrogens is 186 g/mol. The van der Waals surface area contributed by atoms with Crippen molar-refractivity contribution in [1.82, 2.24) is 0 Å². The predicted molar refractivity (Wildman–Crippen MR) is 50.6 cm³/mol. The van der Waals surface area contributed by atoms with Crippen molar-refractivity contribution in [3.8, 4) is 6.07 Å². The van der Waals surface area contributed by atoms with Crippen molar-refractivity contribution in [1.29, 1.82) is 5.26 Å². The fourth-order valence-electron chi connectivity index (χ4n) is 1.13. The van der Waals surface area contributed by atoms with Gasteiger partial charge in [-0.25, -0.2) is 0 Å². The summed E-state index contributed by atoms with van der Waals surface area (Å²) in [5, 5.41) is 9.25. The number of benzene rings is 1. The van der Waals surface area contributed by atoms with Crippen LogP contribution in [0.5, 0.6) is 0 Å². The van der Waals surface area contributed by atoms with Crippen LogP contribution >= 0.6 is 11.6 Å². The molecule has 0 aliphatic carbocycles. The van der Waals surface area contributed by atoms with E-state index in [1.54, 1.807) is 25.1 Å². The van der Waals surface area contributed by atoms with Gasteiger partial charge in [0.05, 0.1) is 6.07 Å². The van der Waals surface area contributed by atoms with Gasteiger partial charge in [0, 0.05) is 5.02 Å². The second-order valence-electron chi connectivity index (χ2n) is 2.70. The third kappa shape index (κ3) is 1.88. The molecule has 1 aromatic carbocycles. The number of carbonyl (C=O) groups excluding carboxylic acids is 1. The zero-order chi connectivity index (χ0) is 9.84. The van der Waals surface area contributed by atoms with Crippen LogP contribution in [0, 0.1) is 18.3 Å². The van der Waals surface area contributed by atoms with Crippen LogP contribution in [-0.2, 0) is 4.79 Å². The highest BCUT2D eigenvalue weighted by molar-refractivity contribution is 6.31. The largest absolute Gasteiger partial charge is 0.302 e. The average Bonchev–Trinajstić information content (AvgIpc) is 2.14. The summed E-state index contributed by atoms with van der Waals surface area (Å²) in [5.74, 6) is -0.710. The minimum Gasteiger partial charge on any atom is -0.302 e. The van der Waals surface area contributed by atoms with E-state index in [9.17, 15) is 4.79 Å². The molecule has 0 aliphatic heterocycles. The van der Waals surface area contributed by atoms with Gasteiger partial charge in [0.15, 0.2) is 0 Å². The van der Waals surface area contributed by atoms with Crippen LogP contribution in [0.4, 0.5) is 0 Å². The van der Waals surface area contributed by atoms with Crippen LogP contribution in [0.1, 0.15) is 17.0 Å². The third-order valence-electron chi connectivity index (χ3n) is 1.92. The van der Waals surface area contributed by atoms with Gasteiger partial charge in [0.1, 0.15) is 12.2 Å². The minimum absolute atomic E-state index is 0.583. The summed E-state index contributed by atoms with van der Waals surface area (Å²) in [6, 6.07) is 7.12. The predicted octanol–water partition coefficient (Wildman–Crippen LogP) is 2.45. The maximum absolute atomic E-state index is 10.5. The van der Waals surface area contributed by atoms with Gasteiger partial charge in [-0.1, -0.05) is 23.7 Å². The van der Waals surface area contributed by atoms with Gasteiger partial charge in [-0.05, 0) is 24.1 Å². The summed E-state index contributed by atoms with van der Waals surface area (Å²) in [5.41, 5.74) is 1.48. The summed E-state index contributed by atoms with van der Waals surface area (Å²) >= 11 is 5.85. The highest BCUT2D eigenvalue weighted by Gasteiger charge is 2.12. The summed E-state index contributed by atoms with van der Waals surface area (Å²) in [6.07, 6.45) is 0.624. The number of aldehydes is 1. The van der Waals surface area contributed by atoms with E-state index in [-0.39, 0.29) is 0 Å². The Balaban J connectivity index is 3.22. The fraction of sp³-hybridized carbons (Fsp3) is 0.200. The van der Waals surface area contributed by atoms with E-state index in [1.165, 1.54) is 0 Å². The average molecular weight is 194 g/mol. The molecule has 2 nitrogen and oxygen atoms in total. The molecule has 0 spiro atoms. The smallest absolute Gasteiger partial charge is 0.141 e. The maximum Gasteiger partial charge on any atom is 0.141 e. The van der Waals surface area contributed by atoms with Gasteiger partial charge >= 0.3 is 0 Å². The van der Waals surface area contributed by atoms with Crippen LogP contribution in [0.3, 0.4) is 0 Å². The lowest BCUT2D eigenvalue weighted by Gasteiger charge is -2.07. The molecular formula is C10H8ClNO. The molecule has 0 saturated carbocycles. The lowest BCUT2D eigenvalue weighted by Crippen LogP contribution is -1.99. The van der Waals surface area contributed by atoms with Crippen molar-refractivity contribution in [3.05, 3.63) is 34.3 Å². The molecule has 0 aromatic heterocycles. The number of nitrogens with zero attached hydrogens (tertiary/aromatic N) is 1. The maximum atomic E-state index is 10.5. The van der Waals surface area contributed by atoms with Crippen molar-refractivity contribution in [2.75, 3.05) is 0 Å². The van der Waals surface area contributed by atoms with E-state index in [0.717, 1.165) is 5.56 Å². The molecule has 0 N–H and O–H groups in total. The Morgan fingerprint density at radius 1 is 1.62 bits per heavy atom. The highest BCUT2D eigenvalue weighted by Crippen LogP contribution is 2.23. The summed E-state index contributed by atoms with van der Waals surface area (Å²) < 4.78 is 0. The van der Waals surface area contributed by atoms with Gasteiger partial charge in [0.2, 0.25) is 0 Å². The molecule has 0 aliphatic rings. The molecule has 1 aromatic rings. The topological polar surface area (TPSA) is 40.9 Å². The Hall–Kier alpha value is -1.33. The quantitative estimate of drug-likeness (QED) is 0.677. The van der Waals surface area contributed by atoms with E-state index in [1.807, 2.05) is 6.07 Å². The lowest BCUT2D eigenvalue weighted by molar-refractivity contribution is -0.108. The van der Waals surface area contributed by atoms with Crippen molar-refractivity contribution in [2.45, 2.75) is 12.8 Å². The van der Waals surface area contributed by atoms with Crippen LogP contribution in [0.2, 0.25) is 5.02 Å². The van der Waals surface area contributed by atoms with E-state index in [0.29, 0.717) is 16.9 Å². The van der Waals surface area contributed by atoms with Gasteiger partial charge in [-0.2, -0.15) is 5.26 Å². The SMILES string of the molecule is Cc1c(Cl)cccc1[C@@H](C#N)C=O. The van der Waals surface area contributed by atoms with Gasteiger partial charge < -0.3 is 4.79 Å². The molecule has 0 bridgehead atoms. The minimum atomic E-state index is -0.710. The Morgan fingerprint density at radius 2 is 2.31 bits per heavy atom. The van der Waals surface area contributed by atoms with Crippen molar-refractivity contribution in [3.63, 3.8) is 0 Å². The number of carbonyl (C=O) groups is 1. The van der Waals surface area contributed by atoms with Gasteiger partial charge in [0.25, 0.3) is 0 Å². The van der Waals surface area contributed by atoms with Crippen LogP contribution in [-0.4, -0.2) is 6.29 Å². The fourth-order valence-corrected chi connectivity index (χ4v) is 1.32. The molecule has 66 valence electrons. The second-order valence-corrected chi connectivity index (χ2v) is 3.10. The molecule has 0 radical (unpaired) electrons. The summed E-state index contributed by atoms with van der Waals surface area (Å²) in [6.45, 7) is 1.80. The summed E-state index contributed by atoms with van der Waals surface area (Å²) in [4.78, 5) is 10.5. The molecule has 0 amide bonds. The zero-order valence-electron chi connectivity index (χ0n) is 7.12. The summed E-state index contributed by atoms with van der Waals surface area (Å²) in [7, 11) is 0. The highest BCUT2D eigenvalue weighted by atomic mass is 35.5. The van der Waals surface area contributed by atoms with E-state index < -0.39 is 5.92 Å². The first-order valence-electron chi connectivity index (χ1n) is 3.80. The first-order chi connectivity index (χ1) is 6.20. The Bertz CT molecular complexity index is 368. The van der Waals surface area contributed by atoms with E-state index >= 15 is 0 Å². The van der Waals surface area contributed by atoms with E-state index in [2.05, 4.69) is 0 Å². The third-order valence-corrected chi connectivity index (χ3v) is 2.33. The van der Waals surface area contributed by atoms with Gasteiger partial charge in [-0.3, -0.25) is 0 Å². The van der Waals surface area contributed by atoms with Crippen molar-refractivity contribution < 1.29 is 4.79 Å². The van der Waals surface area contributed by atoms with Gasteiger partial charge in [-0.15, -0.1) is 0 Å². The molecule has 1 atom stereocenters. The molecule has 0 unspecified atom stereocenters. The number of halogens is 1. The molecule has 1 rings (SSSR count). The number of rotatable bonds is 2. The monoisotopic (exact) mass is 193 g/mol. The molecule has 0 saturated heterocycles. The van der Waals surface area contributed by atoms with Crippen molar-refractivity contribution in [2.24, 2.45) is 0 Å². The number of hydrogen-bond acceptors (Lipinski definition) is 2. The van der Waals surface area contributed by atoms with Crippen LogP contribution in [0.15, 0.2) is 18.2 Å². The normalized spacial score (nSPS) is 11.8. The lowest BCUT2D eigenvalue weighted by atomic mass is 9.97. The van der Waals surface area contributed by atoms with Crippen LogP contribution in [0.25, 0.3) is 0 Å². The first-order valence-corrected chi connectivity index (χ1v) is 4.18. The zero-order valence-corrected chi connectivity index (χ0v) is 7.88. The van der Waals surface area contributed by atoms with Crippen molar-refractivity contribution >= 4 is 17.9 Å². The number of nitriles is 1. The van der Waals surface area contributed by atoms with Crippen LogP contribution < -0.4 is 0 Å². The number of hydrogen-bond donors (Lipinski definition) is 0. The molecule has 13 heavy (non-hydrogen) atoms. The van der Waals surface area contributed by atoms with E-state index in [4.69, 9.17) is 16.9 Å². The molecule has 0 fully saturated rings. The first kappa shape index (κ1) is 9.76. The molecule has 0 heterocycles. The Morgan fingerprint density at radius 3 is 2.85 bits per heavy atom. The Kier molecular flexibility index (Phi) is 3.05.